The van der Waals surface area contributed by atoms with Gasteiger partial charge in [-0.3, -0.25) is 0 Å². The summed E-state index contributed by atoms with van der Waals surface area (Å²) >= 11 is 1.79. The van der Waals surface area contributed by atoms with Gasteiger partial charge in [-0.1, -0.05) is 19.8 Å². The Hall–Kier alpha value is 0.310. The van der Waals surface area contributed by atoms with Crippen molar-refractivity contribution >= 4 is 11.8 Å². The van der Waals surface area contributed by atoms with E-state index in [4.69, 9.17) is 4.74 Å². The molecule has 2 rings (SSSR count). The zero-order valence-corrected chi connectivity index (χ0v) is 13.0. The second kappa shape index (κ2) is 8.47. The lowest BCUT2D eigenvalue weighted by Crippen LogP contribution is -2.30. The molecule has 106 valence electrons. The third-order valence-electron chi connectivity index (χ3n) is 4.49. The normalized spacial score (nSPS) is 30.5. The van der Waals surface area contributed by atoms with Gasteiger partial charge < -0.3 is 4.74 Å². The molecule has 0 aromatic carbocycles. The molecule has 2 saturated carbocycles. The average Bonchev–Trinajstić information content (AvgIpc) is 2.42. The fraction of sp³-hybridized carbons (Fsp3) is 1.00. The molecule has 0 bridgehead atoms. The molecule has 0 aromatic heterocycles. The van der Waals surface area contributed by atoms with Crippen LogP contribution in [0.2, 0.25) is 0 Å². The van der Waals surface area contributed by atoms with Gasteiger partial charge in [0.25, 0.3) is 0 Å². The molecule has 0 saturated heterocycles. The molecule has 0 aromatic rings. The summed E-state index contributed by atoms with van der Waals surface area (Å²) in [4.78, 5) is 0. The van der Waals surface area contributed by atoms with Gasteiger partial charge in [0.1, 0.15) is 10.5 Å². The monoisotopic (exact) mass is 271 g/mol. The van der Waals surface area contributed by atoms with E-state index in [1.54, 1.807) is 11.8 Å². The molecular formula is C16H31OS+. The van der Waals surface area contributed by atoms with Crippen molar-refractivity contribution in [2.45, 2.75) is 94.2 Å². The standard InChI is InChI=1S/C16H30OS/c1-2-3-13-17-14-9-11-16(12-10-14)18-15-7-5-4-6-8-15/h14-16H,2-13H2,1H3/p+1. The van der Waals surface area contributed by atoms with E-state index < -0.39 is 0 Å². The Balaban J connectivity index is 1.57. The third-order valence-corrected chi connectivity index (χ3v) is 6.37. The molecule has 0 unspecified atom stereocenters. The Bertz CT molecular complexity index is 205. The highest BCUT2D eigenvalue weighted by Crippen LogP contribution is 2.29. The van der Waals surface area contributed by atoms with Crippen LogP contribution in [0, 0.1) is 0 Å². The topological polar surface area (TPSA) is 9.23 Å². The van der Waals surface area contributed by atoms with Crippen LogP contribution >= 0.6 is 0 Å². The molecule has 0 spiro atoms. The van der Waals surface area contributed by atoms with Gasteiger partial charge in [-0.25, -0.2) is 0 Å². The number of rotatable bonds is 6. The highest BCUT2D eigenvalue weighted by molar-refractivity contribution is 7.79. The van der Waals surface area contributed by atoms with E-state index in [1.165, 1.54) is 70.6 Å². The summed E-state index contributed by atoms with van der Waals surface area (Å²) < 4.78 is 5.96. The molecule has 2 fully saturated rings. The van der Waals surface area contributed by atoms with Crippen LogP contribution in [0.4, 0.5) is 0 Å². The first-order chi connectivity index (χ1) is 8.88. The number of thiol groups is 1. The maximum atomic E-state index is 5.96. The fourth-order valence-corrected chi connectivity index (χ4v) is 5.14. The van der Waals surface area contributed by atoms with Crippen molar-refractivity contribution in [3.8, 4) is 0 Å². The zero-order chi connectivity index (χ0) is 12.6. The first kappa shape index (κ1) is 14.7. The van der Waals surface area contributed by atoms with Gasteiger partial charge in [0.15, 0.2) is 0 Å². The minimum Gasteiger partial charge on any atom is -0.378 e. The molecule has 0 N–H and O–H groups in total. The molecule has 0 atom stereocenters. The molecule has 1 nitrogen and oxygen atoms in total. The molecule has 0 heterocycles. The molecule has 18 heavy (non-hydrogen) atoms. The van der Waals surface area contributed by atoms with E-state index in [0.29, 0.717) is 6.10 Å². The lowest BCUT2D eigenvalue weighted by molar-refractivity contribution is 0.0279. The minimum atomic E-state index is 0.592. The van der Waals surface area contributed by atoms with E-state index >= 15 is 0 Å². The van der Waals surface area contributed by atoms with Gasteiger partial charge in [0.2, 0.25) is 0 Å². The summed E-state index contributed by atoms with van der Waals surface area (Å²) in [6.45, 7) is 3.23. The van der Waals surface area contributed by atoms with Crippen molar-refractivity contribution in [3.05, 3.63) is 0 Å². The van der Waals surface area contributed by atoms with Crippen LogP contribution in [0.25, 0.3) is 0 Å². The first-order valence-electron chi connectivity index (χ1n) is 8.20. The number of hydrogen-bond acceptors (Lipinski definition) is 1. The van der Waals surface area contributed by atoms with Gasteiger partial charge >= 0.3 is 0 Å². The van der Waals surface area contributed by atoms with Gasteiger partial charge in [0, 0.05) is 6.61 Å². The molecule has 2 aliphatic rings. The first-order valence-corrected chi connectivity index (χ1v) is 9.23. The molecule has 0 radical (unpaired) electrons. The number of ether oxygens (including phenoxy) is 1. The van der Waals surface area contributed by atoms with E-state index in [9.17, 15) is 0 Å². The van der Waals surface area contributed by atoms with E-state index in [0.717, 1.165) is 17.1 Å². The van der Waals surface area contributed by atoms with Crippen LogP contribution in [-0.2, 0) is 16.5 Å². The summed E-state index contributed by atoms with van der Waals surface area (Å²) in [7, 11) is 0. The van der Waals surface area contributed by atoms with Gasteiger partial charge in [0.05, 0.1) is 6.10 Å². The summed E-state index contributed by atoms with van der Waals surface area (Å²) in [6, 6.07) is 0. The van der Waals surface area contributed by atoms with Crippen molar-refractivity contribution in [2.75, 3.05) is 6.61 Å². The highest BCUT2D eigenvalue weighted by atomic mass is 32.2. The fourth-order valence-electron chi connectivity index (χ4n) is 3.28. The second-order valence-electron chi connectivity index (χ2n) is 6.10. The molecule has 0 amide bonds. The largest absolute Gasteiger partial charge is 0.378 e. The van der Waals surface area contributed by atoms with Crippen molar-refractivity contribution in [1.29, 1.82) is 0 Å². The summed E-state index contributed by atoms with van der Waals surface area (Å²) in [5.41, 5.74) is 0. The van der Waals surface area contributed by atoms with E-state index in [2.05, 4.69) is 6.92 Å². The van der Waals surface area contributed by atoms with Crippen LogP contribution in [0.3, 0.4) is 0 Å². The quantitative estimate of drug-likeness (QED) is 0.398. The molecule has 2 aliphatic carbocycles. The molecule has 2 heteroatoms. The smallest absolute Gasteiger partial charge is 0.116 e. The summed E-state index contributed by atoms with van der Waals surface area (Å²) in [5, 5.41) is 2.04. The van der Waals surface area contributed by atoms with Gasteiger partial charge in [-0.05, 0) is 69.5 Å². The van der Waals surface area contributed by atoms with Crippen LogP contribution < -0.4 is 0 Å². The Kier molecular flexibility index (Phi) is 6.93. The van der Waals surface area contributed by atoms with Crippen molar-refractivity contribution in [1.82, 2.24) is 0 Å². The Morgan fingerprint density at radius 1 is 0.889 bits per heavy atom. The Labute approximate surface area is 117 Å². The Morgan fingerprint density at radius 3 is 2.22 bits per heavy atom. The molecule has 0 aliphatic heterocycles. The maximum Gasteiger partial charge on any atom is 0.116 e. The van der Waals surface area contributed by atoms with Crippen LogP contribution in [-0.4, -0.2) is 23.2 Å². The number of unbranched alkanes of at least 4 members (excludes halogenated alkanes) is 1. The minimum absolute atomic E-state index is 0.592. The van der Waals surface area contributed by atoms with Crippen molar-refractivity contribution < 1.29 is 4.74 Å². The van der Waals surface area contributed by atoms with Gasteiger partial charge in [-0.15, -0.1) is 0 Å². The lowest BCUT2D eigenvalue weighted by atomic mass is 9.97. The van der Waals surface area contributed by atoms with E-state index in [-0.39, 0.29) is 0 Å². The lowest BCUT2D eigenvalue weighted by Gasteiger charge is -2.27. The second-order valence-corrected chi connectivity index (χ2v) is 7.85. The summed E-state index contributed by atoms with van der Waals surface area (Å²) in [6.07, 6.45) is 16.1. The zero-order valence-electron chi connectivity index (χ0n) is 12.1. The van der Waals surface area contributed by atoms with Crippen LogP contribution in [0.15, 0.2) is 0 Å². The van der Waals surface area contributed by atoms with Crippen LogP contribution in [0.5, 0.6) is 0 Å². The predicted molar refractivity (Wildman–Crippen MR) is 82.5 cm³/mol. The SMILES string of the molecule is CCCCOC1CCC([SH+]C2CCCCC2)CC1. The maximum absolute atomic E-state index is 5.96. The number of hydrogen-bond donors (Lipinski definition) is 0. The average molecular weight is 271 g/mol. The van der Waals surface area contributed by atoms with Crippen molar-refractivity contribution in [2.24, 2.45) is 0 Å². The van der Waals surface area contributed by atoms with Gasteiger partial charge in [-0.2, -0.15) is 0 Å². The van der Waals surface area contributed by atoms with Crippen LogP contribution in [0.1, 0.15) is 77.6 Å². The van der Waals surface area contributed by atoms with Crippen molar-refractivity contribution in [3.63, 3.8) is 0 Å². The highest BCUT2D eigenvalue weighted by Gasteiger charge is 2.30. The summed E-state index contributed by atoms with van der Waals surface area (Å²) in [5.74, 6) is 0. The Morgan fingerprint density at radius 2 is 1.56 bits per heavy atom. The molecular weight excluding hydrogens is 240 g/mol. The third kappa shape index (κ3) is 5.13. The van der Waals surface area contributed by atoms with E-state index in [1.807, 2.05) is 0 Å². The predicted octanol–water partition coefficient (Wildman–Crippen LogP) is 4.26.